The van der Waals surface area contributed by atoms with Crippen LogP contribution in [0.1, 0.15) is 6.42 Å². The second kappa shape index (κ2) is 5.91. The Kier molecular flexibility index (Phi) is 3.41. The van der Waals surface area contributed by atoms with Crippen molar-refractivity contribution in [1.82, 2.24) is 25.1 Å². The molecule has 26 heavy (non-hydrogen) atoms. The molecule has 1 atom stereocenters. The molecule has 5 rings (SSSR count). The van der Waals surface area contributed by atoms with E-state index < -0.39 is 6.17 Å². The lowest BCUT2D eigenvalue weighted by atomic mass is 10.1. The lowest BCUT2D eigenvalue weighted by Gasteiger charge is -2.18. The van der Waals surface area contributed by atoms with Crippen LogP contribution in [0.4, 0.5) is 21.7 Å². The number of benzene rings is 1. The van der Waals surface area contributed by atoms with Gasteiger partial charge in [0.2, 0.25) is 5.65 Å². The van der Waals surface area contributed by atoms with Crippen LogP contribution in [0.25, 0.3) is 21.9 Å². The molecule has 0 unspecified atom stereocenters. The van der Waals surface area contributed by atoms with Gasteiger partial charge in [0.25, 0.3) is 0 Å². The van der Waals surface area contributed by atoms with Crippen molar-refractivity contribution in [2.75, 3.05) is 23.3 Å². The monoisotopic (exact) mass is 349 g/mol. The largest absolute Gasteiger partial charge is 0.353 e. The number of hydrogen-bond donors (Lipinski definition) is 2. The maximum absolute atomic E-state index is 13.6. The molecule has 1 aliphatic heterocycles. The van der Waals surface area contributed by atoms with Crippen molar-refractivity contribution in [3.8, 4) is 0 Å². The third-order valence-electron chi connectivity index (χ3n) is 4.63. The summed E-state index contributed by atoms with van der Waals surface area (Å²) in [6.07, 6.45) is 4.80. The van der Waals surface area contributed by atoms with Crippen molar-refractivity contribution in [2.24, 2.45) is 0 Å². The van der Waals surface area contributed by atoms with Crippen molar-refractivity contribution < 1.29 is 4.39 Å². The maximum Gasteiger partial charge on any atom is 0.201 e. The number of alkyl halides is 1. The lowest BCUT2D eigenvalue weighted by Crippen LogP contribution is -2.21. The number of hydrogen-bond acceptors (Lipinski definition) is 6. The number of aromatic nitrogens is 5. The van der Waals surface area contributed by atoms with Gasteiger partial charge in [0, 0.05) is 36.2 Å². The maximum atomic E-state index is 13.6. The Morgan fingerprint density at radius 3 is 2.92 bits per heavy atom. The number of fused-ring (bicyclic) bond motifs is 2. The molecule has 4 aromatic rings. The van der Waals surface area contributed by atoms with Gasteiger partial charge in [-0.2, -0.15) is 5.10 Å². The zero-order valence-corrected chi connectivity index (χ0v) is 13.9. The Hall–Kier alpha value is -3.29. The van der Waals surface area contributed by atoms with E-state index in [0.717, 1.165) is 22.3 Å². The average molecular weight is 349 g/mol. The summed E-state index contributed by atoms with van der Waals surface area (Å²) in [5.74, 6) is 1.54. The molecule has 1 aromatic carbocycles. The van der Waals surface area contributed by atoms with Crippen molar-refractivity contribution in [2.45, 2.75) is 12.6 Å². The molecule has 0 radical (unpaired) electrons. The van der Waals surface area contributed by atoms with Gasteiger partial charge in [-0.3, -0.25) is 5.10 Å². The van der Waals surface area contributed by atoms with Gasteiger partial charge in [-0.1, -0.05) is 0 Å². The molecule has 0 saturated carbocycles. The molecule has 0 bridgehead atoms. The number of anilines is 3. The molecule has 0 aliphatic carbocycles. The Bertz CT molecular complexity index is 1090. The molecule has 7 nitrogen and oxygen atoms in total. The lowest BCUT2D eigenvalue weighted by molar-refractivity contribution is 0.364. The highest BCUT2D eigenvalue weighted by molar-refractivity contribution is 5.95. The Balaban J connectivity index is 1.50. The van der Waals surface area contributed by atoms with E-state index in [2.05, 4.69) is 30.5 Å². The summed E-state index contributed by atoms with van der Waals surface area (Å²) >= 11 is 0. The fourth-order valence-electron chi connectivity index (χ4n) is 3.38. The average Bonchev–Trinajstić information content (AvgIpc) is 3.28. The second-order valence-corrected chi connectivity index (χ2v) is 6.35. The number of H-pyrrole nitrogens is 1. The number of nitrogens with one attached hydrogen (secondary N) is 2. The van der Waals surface area contributed by atoms with E-state index in [1.54, 1.807) is 18.6 Å². The molecular weight excluding hydrogens is 333 g/mol. The van der Waals surface area contributed by atoms with Crippen LogP contribution < -0.4 is 10.2 Å². The van der Waals surface area contributed by atoms with Crippen LogP contribution in [0, 0.1) is 0 Å². The van der Waals surface area contributed by atoms with Crippen LogP contribution >= 0.6 is 0 Å². The van der Waals surface area contributed by atoms with Gasteiger partial charge in [0.1, 0.15) is 12.0 Å². The first-order valence-electron chi connectivity index (χ1n) is 8.48. The van der Waals surface area contributed by atoms with Gasteiger partial charge in [-0.25, -0.2) is 19.3 Å². The van der Waals surface area contributed by atoms with Crippen molar-refractivity contribution in [3.05, 3.63) is 42.9 Å². The smallest absolute Gasteiger partial charge is 0.201 e. The summed E-state index contributed by atoms with van der Waals surface area (Å²) in [6, 6.07) is 7.97. The highest BCUT2D eigenvalue weighted by atomic mass is 19.1. The third-order valence-corrected chi connectivity index (χ3v) is 4.63. The van der Waals surface area contributed by atoms with E-state index in [0.29, 0.717) is 36.5 Å². The highest BCUT2D eigenvalue weighted by Gasteiger charge is 2.24. The van der Waals surface area contributed by atoms with Gasteiger partial charge >= 0.3 is 0 Å². The zero-order chi connectivity index (χ0) is 17.5. The number of pyridine rings is 1. The van der Waals surface area contributed by atoms with Crippen molar-refractivity contribution in [3.63, 3.8) is 0 Å². The summed E-state index contributed by atoms with van der Waals surface area (Å²) < 4.78 is 13.6. The fraction of sp³-hybridized carbons (Fsp3) is 0.222. The molecule has 1 aliphatic rings. The van der Waals surface area contributed by atoms with E-state index in [4.69, 9.17) is 0 Å². The van der Waals surface area contributed by atoms with Gasteiger partial charge in [0.15, 0.2) is 11.3 Å². The minimum atomic E-state index is -0.775. The second-order valence-electron chi connectivity index (χ2n) is 6.35. The molecule has 3 aromatic heterocycles. The predicted octanol–water partition coefficient (Wildman–Crippen LogP) is 3.19. The Morgan fingerprint density at radius 1 is 1.12 bits per heavy atom. The number of aromatic amines is 1. The standard InChI is InChI=1S/C18H16FN7/c19-12-4-8-26(10-12)18-14-2-1-13(9-11(14)3-5-22-18)23-17-15-16(24-25-17)21-7-6-20-15/h1-3,5-7,9,12H,4,8,10H2,(H2,21,23,24,25)/t12-/m0/s1. The van der Waals surface area contributed by atoms with Gasteiger partial charge < -0.3 is 10.2 Å². The SMILES string of the molecule is F[C@H]1CCN(c2nccc3cc(Nc4[nH]nc5nccnc45)ccc23)C1. The first kappa shape index (κ1) is 15.0. The Labute approximate surface area is 148 Å². The number of nitrogens with zero attached hydrogens (tertiary/aromatic N) is 5. The topological polar surface area (TPSA) is 82.6 Å². The van der Waals surface area contributed by atoms with Gasteiger partial charge in [-0.15, -0.1) is 0 Å². The molecular formula is C18H16FN7. The zero-order valence-electron chi connectivity index (χ0n) is 13.9. The van der Waals surface area contributed by atoms with Crippen LogP contribution in [-0.4, -0.2) is 44.4 Å². The Morgan fingerprint density at radius 2 is 2.04 bits per heavy atom. The van der Waals surface area contributed by atoms with E-state index in [1.165, 1.54) is 0 Å². The van der Waals surface area contributed by atoms with Crippen molar-refractivity contribution >= 4 is 39.3 Å². The van der Waals surface area contributed by atoms with E-state index in [1.807, 2.05) is 29.2 Å². The molecule has 1 saturated heterocycles. The third kappa shape index (κ3) is 2.50. The van der Waals surface area contributed by atoms with Crippen LogP contribution in [0.3, 0.4) is 0 Å². The molecule has 0 spiro atoms. The number of rotatable bonds is 3. The van der Waals surface area contributed by atoms with Gasteiger partial charge in [0.05, 0.1) is 6.54 Å². The molecule has 130 valence electrons. The summed E-state index contributed by atoms with van der Waals surface area (Å²) in [5, 5.41) is 12.4. The highest BCUT2D eigenvalue weighted by Crippen LogP contribution is 2.30. The molecule has 2 N–H and O–H groups in total. The van der Waals surface area contributed by atoms with Crippen molar-refractivity contribution in [1.29, 1.82) is 0 Å². The summed E-state index contributed by atoms with van der Waals surface area (Å²) in [7, 11) is 0. The molecule has 1 fully saturated rings. The first-order chi connectivity index (χ1) is 12.8. The van der Waals surface area contributed by atoms with E-state index in [9.17, 15) is 4.39 Å². The summed E-state index contributed by atoms with van der Waals surface area (Å²) in [6.45, 7) is 1.11. The number of halogens is 1. The summed E-state index contributed by atoms with van der Waals surface area (Å²) in [5.41, 5.74) is 2.15. The van der Waals surface area contributed by atoms with E-state index in [-0.39, 0.29) is 0 Å². The predicted molar refractivity (Wildman–Crippen MR) is 98.4 cm³/mol. The normalized spacial score (nSPS) is 17.3. The van der Waals surface area contributed by atoms with Crippen LogP contribution in [0.15, 0.2) is 42.9 Å². The first-order valence-corrected chi connectivity index (χ1v) is 8.48. The minimum Gasteiger partial charge on any atom is -0.353 e. The van der Waals surface area contributed by atoms with Crippen LogP contribution in [-0.2, 0) is 0 Å². The molecule has 0 amide bonds. The van der Waals surface area contributed by atoms with Gasteiger partial charge in [-0.05, 0) is 36.1 Å². The van der Waals surface area contributed by atoms with E-state index >= 15 is 0 Å². The van der Waals surface area contributed by atoms with Crippen LogP contribution in [0.2, 0.25) is 0 Å². The molecule has 4 heterocycles. The molecule has 8 heteroatoms. The quantitative estimate of drug-likeness (QED) is 0.591. The van der Waals surface area contributed by atoms with Crippen LogP contribution in [0.5, 0.6) is 0 Å². The summed E-state index contributed by atoms with van der Waals surface area (Å²) in [4.78, 5) is 15.0. The minimum absolute atomic E-state index is 0.408. The fourth-order valence-corrected chi connectivity index (χ4v) is 3.38.